The molecule has 0 aromatic heterocycles. The summed E-state index contributed by atoms with van der Waals surface area (Å²) in [4.78, 5) is 2.51. The molecular formula is C21H27N3. The predicted molar refractivity (Wildman–Crippen MR) is 102 cm³/mol. The minimum atomic E-state index is 0.728. The number of hydrogen-bond acceptors (Lipinski definition) is 3. The number of hydrogen-bond donors (Lipinski definition) is 1. The summed E-state index contributed by atoms with van der Waals surface area (Å²) in [5, 5.41) is 4.40. The summed E-state index contributed by atoms with van der Waals surface area (Å²) in [7, 11) is 2.26. The second-order valence-electron chi connectivity index (χ2n) is 6.64. The SMILES string of the molecule is CN(Cc1ccccc1C=NNc1ccccc1)C1CCCCC1. The van der Waals surface area contributed by atoms with Gasteiger partial charge >= 0.3 is 0 Å². The number of rotatable bonds is 6. The first-order chi connectivity index (χ1) is 11.8. The van der Waals surface area contributed by atoms with Crippen molar-refractivity contribution < 1.29 is 0 Å². The molecule has 1 aliphatic carbocycles. The second kappa shape index (κ2) is 8.65. The van der Waals surface area contributed by atoms with Crippen LogP contribution in [0.15, 0.2) is 59.7 Å². The molecule has 24 heavy (non-hydrogen) atoms. The number of anilines is 1. The third-order valence-electron chi connectivity index (χ3n) is 4.84. The average molecular weight is 321 g/mol. The number of benzene rings is 2. The van der Waals surface area contributed by atoms with Crippen molar-refractivity contribution >= 4 is 11.9 Å². The van der Waals surface area contributed by atoms with E-state index in [1.165, 1.54) is 43.2 Å². The Morgan fingerprint density at radius 2 is 1.71 bits per heavy atom. The van der Waals surface area contributed by atoms with E-state index in [2.05, 4.69) is 46.7 Å². The molecular weight excluding hydrogens is 294 g/mol. The molecule has 2 aromatic rings. The van der Waals surface area contributed by atoms with Gasteiger partial charge in [0.15, 0.2) is 0 Å². The van der Waals surface area contributed by atoms with E-state index in [0.29, 0.717) is 0 Å². The quantitative estimate of drug-likeness (QED) is 0.605. The summed E-state index contributed by atoms with van der Waals surface area (Å²) < 4.78 is 0. The van der Waals surface area contributed by atoms with Crippen LogP contribution in [0.3, 0.4) is 0 Å². The molecule has 1 saturated carbocycles. The van der Waals surface area contributed by atoms with E-state index in [9.17, 15) is 0 Å². The van der Waals surface area contributed by atoms with Gasteiger partial charge in [-0.1, -0.05) is 61.7 Å². The Kier molecular flexibility index (Phi) is 6.02. The molecule has 0 atom stereocenters. The van der Waals surface area contributed by atoms with Gasteiger partial charge in [-0.2, -0.15) is 5.10 Å². The van der Waals surface area contributed by atoms with Crippen LogP contribution in [0.25, 0.3) is 0 Å². The highest BCUT2D eigenvalue weighted by molar-refractivity contribution is 5.82. The predicted octanol–water partition coefficient (Wildman–Crippen LogP) is 4.90. The first kappa shape index (κ1) is 16.7. The molecule has 0 bridgehead atoms. The summed E-state index contributed by atoms with van der Waals surface area (Å²) in [6.07, 6.45) is 8.75. The summed E-state index contributed by atoms with van der Waals surface area (Å²) in [5.74, 6) is 0. The fourth-order valence-electron chi connectivity index (χ4n) is 3.41. The van der Waals surface area contributed by atoms with Crippen molar-refractivity contribution in [1.29, 1.82) is 0 Å². The minimum absolute atomic E-state index is 0.728. The van der Waals surface area contributed by atoms with Crippen LogP contribution < -0.4 is 5.43 Å². The van der Waals surface area contributed by atoms with E-state index in [1.807, 2.05) is 36.5 Å². The molecule has 3 heteroatoms. The van der Waals surface area contributed by atoms with Gasteiger partial charge in [-0.15, -0.1) is 0 Å². The maximum Gasteiger partial charge on any atom is 0.0561 e. The van der Waals surface area contributed by atoms with Gasteiger partial charge in [-0.05, 0) is 43.1 Å². The molecule has 0 radical (unpaired) electrons. The lowest BCUT2D eigenvalue weighted by Crippen LogP contribution is -2.33. The van der Waals surface area contributed by atoms with E-state index < -0.39 is 0 Å². The molecule has 0 unspecified atom stereocenters. The van der Waals surface area contributed by atoms with Gasteiger partial charge < -0.3 is 0 Å². The summed E-state index contributed by atoms with van der Waals surface area (Å²) in [6.45, 7) is 0.984. The van der Waals surface area contributed by atoms with Crippen LogP contribution in [0.2, 0.25) is 0 Å². The molecule has 3 nitrogen and oxygen atoms in total. The maximum absolute atomic E-state index is 4.40. The first-order valence-electron chi connectivity index (χ1n) is 8.95. The molecule has 0 heterocycles. The number of para-hydroxylation sites is 1. The van der Waals surface area contributed by atoms with Gasteiger partial charge in [0.05, 0.1) is 11.9 Å². The van der Waals surface area contributed by atoms with Crippen molar-refractivity contribution in [2.45, 2.75) is 44.7 Å². The Hall–Kier alpha value is -2.13. The summed E-state index contributed by atoms with van der Waals surface area (Å²) in [5.41, 5.74) is 6.62. The highest BCUT2D eigenvalue weighted by atomic mass is 15.3. The Balaban J connectivity index is 1.64. The van der Waals surface area contributed by atoms with Gasteiger partial charge in [0.1, 0.15) is 0 Å². The van der Waals surface area contributed by atoms with Crippen molar-refractivity contribution in [2.75, 3.05) is 12.5 Å². The van der Waals surface area contributed by atoms with Gasteiger partial charge in [0.25, 0.3) is 0 Å². The van der Waals surface area contributed by atoms with Gasteiger partial charge in [0, 0.05) is 12.6 Å². The Labute approximate surface area is 145 Å². The van der Waals surface area contributed by atoms with Crippen molar-refractivity contribution in [2.24, 2.45) is 5.10 Å². The average Bonchev–Trinajstić information content (AvgIpc) is 2.65. The van der Waals surface area contributed by atoms with E-state index in [-0.39, 0.29) is 0 Å². The van der Waals surface area contributed by atoms with Crippen LogP contribution in [-0.2, 0) is 6.54 Å². The zero-order valence-electron chi connectivity index (χ0n) is 14.5. The van der Waals surface area contributed by atoms with Gasteiger partial charge in [0.2, 0.25) is 0 Å². The standard InChI is InChI=1S/C21H27N3/c1-24(21-14-6-3-7-15-21)17-19-11-9-8-10-18(19)16-22-23-20-12-4-2-5-13-20/h2,4-5,8-13,16,21,23H,3,6-7,14-15,17H2,1H3. The molecule has 3 rings (SSSR count). The highest BCUT2D eigenvalue weighted by Gasteiger charge is 2.18. The van der Waals surface area contributed by atoms with Crippen LogP contribution in [0.1, 0.15) is 43.2 Å². The molecule has 0 aliphatic heterocycles. The molecule has 1 aliphatic rings. The van der Waals surface area contributed by atoms with Crippen molar-refractivity contribution in [1.82, 2.24) is 4.90 Å². The van der Waals surface area contributed by atoms with E-state index >= 15 is 0 Å². The van der Waals surface area contributed by atoms with E-state index in [0.717, 1.165) is 18.3 Å². The molecule has 0 amide bonds. The fraction of sp³-hybridized carbons (Fsp3) is 0.381. The van der Waals surface area contributed by atoms with Gasteiger partial charge in [-0.25, -0.2) is 0 Å². The van der Waals surface area contributed by atoms with Gasteiger partial charge in [-0.3, -0.25) is 10.3 Å². The van der Waals surface area contributed by atoms with Crippen molar-refractivity contribution in [3.63, 3.8) is 0 Å². The summed E-state index contributed by atoms with van der Waals surface area (Å²) in [6, 6.07) is 19.3. The zero-order chi connectivity index (χ0) is 16.6. The largest absolute Gasteiger partial charge is 0.299 e. The van der Waals surface area contributed by atoms with Crippen LogP contribution in [0.4, 0.5) is 5.69 Å². The van der Waals surface area contributed by atoms with E-state index in [1.54, 1.807) is 0 Å². The lowest BCUT2D eigenvalue weighted by molar-refractivity contribution is 0.184. The zero-order valence-corrected chi connectivity index (χ0v) is 14.5. The molecule has 1 fully saturated rings. The lowest BCUT2D eigenvalue weighted by atomic mass is 9.94. The third kappa shape index (κ3) is 4.68. The number of hydrazone groups is 1. The molecule has 1 N–H and O–H groups in total. The smallest absolute Gasteiger partial charge is 0.0561 e. The number of nitrogens with one attached hydrogen (secondary N) is 1. The minimum Gasteiger partial charge on any atom is -0.299 e. The van der Waals surface area contributed by atoms with Crippen LogP contribution in [0, 0.1) is 0 Å². The number of nitrogens with zero attached hydrogens (tertiary/aromatic N) is 2. The highest BCUT2D eigenvalue weighted by Crippen LogP contribution is 2.23. The lowest BCUT2D eigenvalue weighted by Gasteiger charge is -2.31. The van der Waals surface area contributed by atoms with E-state index in [4.69, 9.17) is 0 Å². The molecule has 0 spiro atoms. The topological polar surface area (TPSA) is 27.6 Å². The fourth-order valence-corrected chi connectivity index (χ4v) is 3.41. The van der Waals surface area contributed by atoms with Crippen LogP contribution in [-0.4, -0.2) is 24.2 Å². The Morgan fingerprint density at radius 3 is 2.50 bits per heavy atom. The third-order valence-corrected chi connectivity index (χ3v) is 4.84. The molecule has 126 valence electrons. The van der Waals surface area contributed by atoms with Crippen molar-refractivity contribution in [3.05, 3.63) is 65.7 Å². The monoisotopic (exact) mass is 321 g/mol. The molecule has 2 aromatic carbocycles. The normalized spacial score (nSPS) is 15.9. The Bertz CT molecular complexity index is 645. The maximum atomic E-state index is 4.40. The van der Waals surface area contributed by atoms with Crippen LogP contribution in [0.5, 0.6) is 0 Å². The Morgan fingerprint density at radius 1 is 1.00 bits per heavy atom. The summed E-state index contributed by atoms with van der Waals surface area (Å²) >= 11 is 0. The first-order valence-corrected chi connectivity index (χ1v) is 8.95. The van der Waals surface area contributed by atoms with Crippen LogP contribution >= 0.6 is 0 Å². The molecule has 0 saturated heterocycles. The second-order valence-corrected chi connectivity index (χ2v) is 6.64. The van der Waals surface area contributed by atoms with Crippen molar-refractivity contribution in [3.8, 4) is 0 Å².